The fourth-order valence-corrected chi connectivity index (χ4v) is 3.69. The Balaban J connectivity index is 1.76. The second kappa shape index (κ2) is 4.95. The summed E-state index contributed by atoms with van der Waals surface area (Å²) in [4.78, 5) is 23.4. The Morgan fingerprint density at radius 1 is 1.27 bits per heavy atom. The second-order valence-electron chi connectivity index (χ2n) is 6.23. The molecule has 2 atom stereocenters. The van der Waals surface area contributed by atoms with Crippen LogP contribution in [-0.4, -0.2) is 23.5 Å². The van der Waals surface area contributed by atoms with Gasteiger partial charge < -0.3 is 9.52 Å². The van der Waals surface area contributed by atoms with Gasteiger partial charge in [-0.25, -0.2) is 0 Å². The zero-order chi connectivity index (χ0) is 15.3. The fourth-order valence-electron chi connectivity index (χ4n) is 3.69. The van der Waals surface area contributed by atoms with Gasteiger partial charge in [-0.1, -0.05) is 12.1 Å². The summed E-state index contributed by atoms with van der Waals surface area (Å²) in [6.07, 6.45) is 4.22. The molecule has 114 valence electrons. The normalized spacial score (nSPS) is 24.6. The largest absolute Gasteiger partial charge is 0.464 e. The minimum absolute atomic E-state index is 0.177. The third kappa shape index (κ3) is 1.96. The number of aliphatic hydroxyl groups excluding tert-OH is 1. The van der Waals surface area contributed by atoms with Gasteiger partial charge in [0.1, 0.15) is 5.58 Å². The molecule has 1 aliphatic carbocycles. The maximum atomic E-state index is 12.1. The van der Waals surface area contributed by atoms with E-state index in [4.69, 9.17) is 4.42 Å². The number of furan rings is 1. The third-order valence-electron chi connectivity index (χ3n) is 4.85. The van der Waals surface area contributed by atoms with Crippen LogP contribution in [0.15, 0.2) is 22.8 Å². The number of hydrogen-bond donors (Lipinski definition) is 2. The summed E-state index contributed by atoms with van der Waals surface area (Å²) >= 11 is 0. The van der Waals surface area contributed by atoms with Crippen LogP contribution in [0.2, 0.25) is 0 Å². The number of aliphatic hydroxyl groups is 1. The smallest absolute Gasteiger partial charge is 0.234 e. The molecule has 1 aromatic heterocycles. The Kier molecular flexibility index (Phi) is 3.04. The number of carbonyl (C=O) groups is 2. The molecule has 2 unspecified atom stereocenters. The molecule has 2 aliphatic rings. The van der Waals surface area contributed by atoms with Gasteiger partial charge in [0.15, 0.2) is 0 Å². The standard InChI is InChI=1S/C17H17NO4/c19-7-9-5-10-1-2-11-14(8-22-16(11)13(10)6-9)12-3-4-15(20)18-17(12)21/h1-2,8-9,12,19H,3-7H2,(H,18,20,21). The molecule has 0 saturated carbocycles. The number of fused-ring (bicyclic) bond motifs is 3. The summed E-state index contributed by atoms with van der Waals surface area (Å²) in [7, 11) is 0. The fraction of sp³-hybridized carbons (Fsp3) is 0.412. The van der Waals surface area contributed by atoms with E-state index in [0.29, 0.717) is 12.8 Å². The number of amides is 2. The summed E-state index contributed by atoms with van der Waals surface area (Å²) < 4.78 is 5.77. The molecule has 1 fully saturated rings. The molecule has 5 nitrogen and oxygen atoms in total. The van der Waals surface area contributed by atoms with Crippen LogP contribution in [-0.2, 0) is 22.4 Å². The van der Waals surface area contributed by atoms with Gasteiger partial charge in [0.25, 0.3) is 0 Å². The van der Waals surface area contributed by atoms with Gasteiger partial charge in [-0.05, 0) is 36.3 Å². The van der Waals surface area contributed by atoms with Crippen LogP contribution in [0.4, 0.5) is 0 Å². The predicted molar refractivity (Wildman–Crippen MR) is 79.3 cm³/mol. The van der Waals surface area contributed by atoms with Gasteiger partial charge in [-0.15, -0.1) is 0 Å². The van der Waals surface area contributed by atoms with Crippen LogP contribution >= 0.6 is 0 Å². The highest BCUT2D eigenvalue weighted by molar-refractivity contribution is 6.03. The van der Waals surface area contributed by atoms with E-state index in [2.05, 4.69) is 11.4 Å². The van der Waals surface area contributed by atoms with E-state index in [1.807, 2.05) is 6.07 Å². The van der Waals surface area contributed by atoms with Crippen molar-refractivity contribution in [1.82, 2.24) is 5.32 Å². The lowest BCUT2D eigenvalue weighted by molar-refractivity contribution is -0.134. The zero-order valence-electron chi connectivity index (χ0n) is 12.1. The molecule has 0 spiro atoms. The lowest BCUT2D eigenvalue weighted by Gasteiger charge is -2.19. The summed E-state index contributed by atoms with van der Waals surface area (Å²) in [6, 6.07) is 4.06. The van der Waals surface area contributed by atoms with Crippen molar-refractivity contribution in [3.8, 4) is 0 Å². The molecule has 1 saturated heterocycles. The predicted octanol–water partition coefficient (Wildman–Crippen LogP) is 1.66. The highest BCUT2D eigenvalue weighted by atomic mass is 16.3. The molecule has 2 N–H and O–H groups in total. The minimum Gasteiger partial charge on any atom is -0.464 e. The maximum Gasteiger partial charge on any atom is 0.234 e. The monoisotopic (exact) mass is 299 g/mol. The Labute approximate surface area is 127 Å². The van der Waals surface area contributed by atoms with Gasteiger partial charge in [-0.3, -0.25) is 14.9 Å². The lowest BCUT2D eigenvalue weighted by Crippen LogP contribution is -2.39. The van der Waals surface area contributed by atoms with Crippen LogP contribution in [0.3, 0.4) is 0 Å². The SMILES string of the molecule is O=C1CCC(c2coc3c4c(ccc23)CC(CO)C4)C(=O)N1. The van der Waals surface area contributed by atoms with Gasteiger partial charge in [0.2, 0.25) is 11.8 Å². The van der Waals surface area contributed by atoms with E-state index in [1.165, 1.54) is 5.56 Å². The van der Waals surface area contributed by atoms with Crippen molar-refractivity contribution in [1.29, 1.82) is 0 Å². The van der Waals surface area contributed by atoms with Crippen LogP contribution in [0, 0.1) is 5.92 Å². The van der Waals surface area contributed by atoms with Crippen LogP contribution in [0.1, 0.15) is 35.4 Å². The minimum atomic E-state index is -0.327. The molecular formula is C17H17NO4. The van der Waals surface area contributed by atoms with Crippen molar-refractivity contribution in [3.63, 3.8) is 0 Å². The van der Waals surface area contributed by atoms with Crippen molar-refractivity contribution < 1.29 is 19.1 Å². The Morgan fingerprint density at radius 3 is 2.91 bits per heavy atom. The molecule has 1 aromatic carbocycles. The van der Waals surface area contributed by atoms with Crippen molar-refractivity contribution in [2.24, 2.45) is 5.92 Å². The van der Waals surface area contributed by atoms with E-state index in [-0.39, 0.29) is 30.3 Å². The molecule has 0 bridgehead atoms. The molecule has 2 heterocycles. The van der Waals surface area contributed by atoms with Crippen LogP contribution in [0.25, 0.3) is 11.0 Å². The Hall–Kier alpha value is -2.14. The van der Waals surface area contributed by atoms with Gasteiger partial charge in [0, 0.05) is 24.0 Å². The van der Waals surface area contributed by atoms with Gasteiger partial charge in [-0.2, -0.15) is 0 Å². The van der Waals surface area contributed by atoms with E-state index in [1.54, 1.807) is 6.26 Å². The molecular weight excluding hydrogens is 282 g/mol. The van der Waals surface area contributed by atoms with Gasteiger partial charge in [0.05, 0.1) is 12.2 Å². The molecule has 2 aromatic rings. The first-order valence-electron chi connectivity index (χ1n) is 7.63. The van der Waals surface area contributed by atoms with Gasteiger partial charge >= 0.3 is 0 Å². The van der Waals surface area contributed by atoms with Crippen molar-refractivity contribution >= 4 is 22.8 Å². The molecule has 5 heteroatoms. The summed E-state index contributed by atoms with van der Waals surface area (Å²) in [5, 5.41) is 12.7. The average Bonchev–Trinajstić information content (AvgIpc) is 3.09. The second-order valence-corrected chi connectivity index (χ2v) is 6.23. The quantitative estimate of drug-likeness (QED) is 0.827. The van der Waals surface area contributed by atoms with E-state index in [0.717, 1.165) is 34.9 Å². The maximum absolute atomic E-state index is 12.1. The van der Waals surface area contributed by atoms with Crippen molar-refractivity contribution in [2.45, 2.75) is 31.6 Å². The first-order valence-corrected chi connectivity index (χ1v) is 7.63. The summed E-state index contributed by atoms with van der Waals surface area (Å²) in [6.45, 7) is 0.177. The van der Waals surface area contributed by atoms with Crippen LogP contribution < -0.4 is 5.32 Å². The third-order valence-corrected chi connectivity index (χ3v) is 4.85. The van der Waals surface area contributed by atoms with Crippen LogP contribution in [0.5, 0.6) is 0 Å². The highest BCUT2D eigenvalue weighted by Crippen LogP contribution is 2.38. The van der Waals surface area contributed by atoms with Crippen molar-refractivity contribution in [3.05, 3.63) is 35.1 Å². The molecule has 0 radical (unpaired) electrons. The lowest BCUT2D eigenvalue weighted by atomic mass is 9.89. The number of benzene rings is 1. The number of nitrogens with one attached hydrogen (secondary N) is 1. The first-order chi connectivity index (χ1) is 10.7. The number of carbonyl (C=O) groups excluding carboxylic acids is 2. The molecule has 1 aliphatic heterocycles. The number of hydrogen-bond acceptors (Lipinski definition) is 4. The first kappa shape index (κ1) is 13.5. The molecule has 2 amide bonds. The summed E-state index contributed by atoms with van der Waals surface area (Å²) in [5.41, 5.74) is 4.05. The summed E-state index contributed by atoms with van der Waals surface area (Å²) in [5.74, 6) is -0.523. The van der Waals surface area contributed by atoms with E-state index < -0.39 is 0 Å². The number of imide groups is 1. The number of piperidine rings is 1. The topological polar surface area (TPSA) is 79.5 Å². The average molecular weight is 299 g/mol. The zero-order valence-corrected chi connectivity index (χ0v) is 12.1. The number of rotatable bonds is 2. The molecule has 4 rings (SSSR count). The molecule has 22 heavy (non-hydrogen) atoms. The van der Waals surface area contributed by atoms with E-state index in [9.17, 15) is 14.7 Å². The van der Waals surface area contributed by atoms with E-state index >= 15 is 0 Å². The Morgan fingerprint density at radius 2 is 2.14 bits per heavy atom. The van der Waals surface area contributed by atoms with Crippen molar-refractivity contribution in [2.75, 3.05) is 6.61 Å². The highest BCUT2D eigenvalue weighted by Gasteiger charge is 2.32. The Bertz CT molecular complexity index is 776.